The number of hydrogen-bond acceptors (Lipinski definition) is 4. The maximum atomic E-state index is 13.4. The molecule has 1 amide bonds. The summed E-state index contributed by atoms with van der Waals surface area (Å²) in [7, 11) is 0. The molecule has 2 N–H and O–H groups in total. The summed E-state index contributed by atoms with van der Waals surface area (Å²) in [6.45, 7) is 9.01. The molecule has 0 spiro atoms. The fourth-order valence-electron chi connectivity index (χ4n) is 5.20. The molecule has 180 valence electrons. The number of nitrogens with zero attached hydrogens (tertiary/aromatic N) is 1. The number of pyridine rings is 1. The summed E-state index contributed by atoms with van der Waals surface area (Å²) in [4.78, 5) is 31.1. The second-order valence-corrected chi connectivity index (χ2v) is 9.35. The summed E-state index contributed by atoms with van der Waals surface area (Å²) in [5.41, 5.74) is 5.64. The van der Waals surface area contributed by atoms with Gasteiger partial charge in [-0.2, -0.15) is 0 Å². The van der Waals surface area contributed by atoms with Crippen LogP contribution < -0.4 is 15.8 Å². The van der Waals surface area contributed by atoms with Crippen molar-refractivity contribution in [3.63, 3.8) is 0 Å². The van der Waals surface area contributed by atoms with Crippen molar-refractivity contribution in [2.75, 3.05) is 11.4 Å². The van der Waals surface area contributed by atoms with Gasteiger partial charge < -0.3 is 19.6 Å². The van der Waals surface area contributed by atoms with E-state index in [9.17, 15) is 9.59 Å². The van der Waals surface area contributed by atoms with Crippen LogP contribution in [0.25, 0.3) is 11.3 Å². The van der Waals surface area contributed by atoms with Crippen LogP contribution in [0.2, 0.25) is 0 Å². The van der Waals surface area contributed by atoms with E-state index < -0.39 is 0 Å². The predicted molar refractivity (Wildman–Crippen MR) is 136 cm³/mol. The molecule has 1 aliphatic carbocycles. The molecular weight excluding hydrogens is 426 g/mol. The number of aryl methyl sites for hydroxylation is 2. The highest BCUT2D eigenvalue weighted by Crippen LogP contribution is 2.35. The van der Waals surface area contributed by atoms with Crippen molar-refractivity contribution in [3.8, 4) is 11.3 Å². The monoisotopic (exact) mass is 461 g/mol. The second-order valence-electron chi connectivity index (χ2n) is 9.35. The van der Waals surface area contributed by atoms with Crippen molar-refractivity contribution in [1.29, 1.82) is 0 Å². The number of benzene rings is 1. The second kappa shape index (κ2) is 10.3. The standard InChI is InChI=1S/C28H35N3O3/c1-5-31(22-10-7-6-8-11-22)25-16-21(26-12-9-13-34-26)15-23(20(25)4)27(32)29-17-24-18(2)14-19(3)30-28(24)33/h9,12-16,22H,5-8,10-11,17H2,1-4H3,(H,29,32)(H,30,33). The highest BCUT2D eigenvalue weighted by atomic mass is 16.3. The third kappa shape index (κ3) is 4.96. The molecule has 6 nitrogen and oxygen atoms in total. The van der Waals surface area contributed by atoms with Crippen LogP contribution in [-0.4, -0.2) is 23.5 Å². The number of aromatic nitrogens is 1. The lowest BCUT2D eigenvalue weighted by atomic mass is 9.92. The first-order chi connectivity index (χ1) is 16.4. The fourth-order valence-corrected chi connectivity index (χ4v) is 5.20. The van der Waals surface area contributed by atoms with E-state index in [1.54, 1.807) is 6.26 Å². The normalized spacial score (nSPS) is 14.2. The van der Waals surface area contributed by atoms with Crippen LogP contribution >= 0.6 is 0 Å². The van der Waals surface area contributed by atoms with Crippen LogP contribution in [0, 0.1) is 20.8 Å². The number of carbonyl (C=O) groups excluding carboxylic acids is 1. The van der Waals surface area contributed by atoms with E-state index in [1.807, 2.05) is 45.0 Å². The molecule has 1 fully saturated rings. The number of carbonyl (C=O) groups is 1. The Morgan fingerprint density at radius 1 is 1.15 bits per heavy atom. The van der Waals surface area contributed by atoms with E-state index in [2.05, 4.69) is 28.2 Å². The molecule has 0 aliphatic heterocycles. The van der Waals surface area contributed by atoms with Crippen LogP contribution in [0.5, 0.6) is 0 Å². The molecule has 1 aromatic carbocycles. The van der Waals surface area contributed by atoms with Gasteiger partial charge in [0.05, 0.1) is 6.26 Å². The fraction of sp³-hybridized carbons (Fsp3) is 0.429. The third-order valence-electron chi connectivity index (χ3n) is 7.02. The number of H-pyrrole nitrogens is 1. The zero-order chi connectivity index (χ0) is 24.2. The van der Waals surface area contributed by atoms with Gasteiger partial charge in [-0.1, -0.05) is 19.3 Å². The summed E-state index contributed by atoms with van der Waals surface area (Å²) < 4.78 is 5.68. The van der Waals surface area contributed by atoms with E-state index in [-0.39, 0.29) is 18.0 Å². The zero-order valence-electron chi connectivity index (χ0n) is 20.7. The molecule has 0 radical (unpaired) electrons. The van der Waals surface area contributed by atoms with E-state index in [0.717, 1.165) is 40.4 Å². The molecule has 1 aliphatic rings. The number of nitrogens with one attached hydrogen (secondary N) is 2. The number of aromatic amines is 1. The molecule has 3 aromatic rings. The van der Waals surface area contributed by atoms with Gasteiger partial charge in [0, 0.05) is 47.2 Å². The minimum atomic E-state index is -0.189. The Labute approximate surface area is 201 Å². The van der Waals surface area contributed by atoms with Gasteiger partial charge in [-0.3, -0.25) is 9.59 Å². The van der Waals surface area contributed by atoms with Crippen molar-refractivity contribution in [2.45, 2.75) is 72.4 Å². The summed E-state index contributed by atoms with van der Waals surface area (Å²) in [6, 6.07) is 10.2. The number of hydrogen-bond donors (Lipinski definition) is 2. The van der Waals surface area contributed by atoms with Gasteiger partial charge in [0.25, 0.3) is 11.5 Å². The molecule has 34 heavy (non-hydrogen) atoms. The Kier molecular flexibility index (Phi) is 7.25. The summed E-state index contributed by atoms with van der Waals surface area (Å²) in [6.07, 6.45) is 7.79. The Morgan fingerprint density at radius 3 is 2.56 bits per heavy atom. The highest BCUT2D eigenvalue weighted by molar-refractivity contribution is 5.98. The third-order valence-corrected chi connectivity index (χ3v) is 7.02. The van der Waals surface area contributed by atoms with Crippen molar-refractivity contribution in [3.05, 3.63) is 74.9 Å². The van der Waals surface area contributed by atoms with Crippen molar-refractivity contribution in [2.24, 2.45) is 0 Å². The van der Waals surface area contributed by atoms with Crippen LogP contribution in [0.4, 0.5) is 5.69 Å². The first-order valence-electron chi connectivity index (χ1n) is 12.3. The minimum absolute atomic E-state index is 0.158. The van der Waals surface area contributed by atoms with Gasteiger partial charge in [0.2, 0.25) is 0 Å². The van der Waals surface area contributed by atoms with Crippen LogP contribution in [0.3, 0.4) is 0 Å². The smallest absolute Gasteiger partial charge is 0.253 e. The molecular formula is C28H35N3O3. The Balaban J connectivity index is 1.70. The van der Waals surface area contributed by atoms with Crippen LogP contribution in [-0.2, 0) is 6.54 Å². The van der Waals surface area contributed by atoms with Gasteiger partial charge >= 0.3 is 0 Å². The first kappa shape index (κ1) is 23.9. The Hall–Kier alpha value is -3.28. The summed E-state index contributed by atoms with van der Waals surface area (Å²) in [5.74, 6) is 0.548. The number of rotatable bonds is 7. The Bertz CT molecular complexity index is 1200. The molecule has 0 bridgehead atoms. The molecule has 2 aromatic heterocycles. The van der Waals surface area contributed by atoms with E-state index in [1.165, 1.54) is 32.1 Å². The maximum Gasteiger partial charge on any atom is 0.253 e. The van der Waals surface area contributed by atoms with Crippen molar-refractivity contribution >= 4 is 11.6 Å². The van der Waals surface area contributed by atoms with Crippen LogP contribution in [0.1, 0.15) is 71.8 Å². The van der Waals surface area contributed by atoms with E-state index >= 15 is 0 Å². The quantitative estimate of drug-likeness (QED) is 0.477. The molecule has 1 saturated carbocycles. The average Bonchev–Trinajstić information content (AvgIpc) is 3.35. The molecule has 0 saturated heterocycles. The molecule has 2 heterocycles. The van der Waals surface area contributed by atoms with E-state index in [0.29, 0.717) is 17.2 Å². The summed E-state index contributed by atoms with van der Waals surface area (Å²) >= 11 is 0. The lowest BCUT2D eigenvalue weighted by Gasteiger charge is -2.37. The molecule has 0 unspecified atom stereocenters. The molecule has 0 atom stereocenters. The number of amides is 1. The van der Waals surface area contributed by atoms with Crippen LogP contribution in [0.15, 0.2) is 45.8 Å². The average molecular weight is 462 g/mol. The van der Waals surface area contributed by atoms with Crippen molar-refractivity contribution in [1.82, 2.24) is 10.3 Å². The zero-order valence-corrected chi connectivity index (χ0v) is 20.7. The first-order valence-corrected chi connectivity index (χ1v) is 12.3. The van der Waals surface area contributed by atoms with E-state index in [4.69, 9.17) is 4.42 Å². The predicted octanol–water partition coefficient (Wildman–Crippen LogP) is 5.65. The molecule has 4 rings (SSSR count). The van der Waals surface area contributed by atoms with Gasteiger partial charge in [-0.15, -0.1) is 0 Å². The highest BCUT2D eigenvalue weighted by Gasteiger charge is 2.25. The maximum absolute atomic E-state index is 13.4. The van der Waals surface area contributed by atoms with Gasteiger partial charge in [-0.05, 0) is 82.0 Å². The molecule has 6 heteroatoms. The largest absolute Gasteiger partial charge is 0.464 e. The number of furan rings is 1. The number of anilines is 1. The van der Waals surface area contributed by atoms with Gasteiger partial charge in [0.1, 0.15) is 5.76 Å². The minimum Gasteiger partial charge on any atom is -0.464 e. The Morgan fingerprint density at radius 2 is 1.91 bits per heavy atom. The summed E-state index contributed by atoms with van der Waals surface area (Å²) in [5, 5.41) is 2.99. The lowest BCUT2D eigenvalue weighted by molar-refractivity contribution is 0.0950. The van der Waals surface area contributed by atoms with Gasteiger partial charge in [0.15, 0.2) is 0 Å². The topological polar surface area (TPSA) is 78.3 Å². The SMILES string of the molecule is CCN(c1cc(-c2ccco2)cc(C(=O)NCc2c(C)cc(C)[nH]c2=O)c1C)C1CCCCC1. The van der Waals surface area contributed by atoms with Crippen molar-refractivity contribution < 1.29 is 9.21 Å². The lowest BCUT2D eigenvalue weighted by Crippen LogP contribution is -2.37. The van der Waals surface area contributed by atoms with Gasteiger partial charge in [-0.25, -0.2) is 0 Å².